The van der Waals surface area contributed by atoms with E-state index in [1.54, 1.807) is 6.07 Å². The van der Waals surface area contributed by atoms with Crippen molar-refractivity contribution in [1.29, 1.82) is 0 Å². The molecule has 0 radical (unpaired) electrons. The normalized spacial score (nSPS) is 18.1. The predicted molar refractivity (Wildman–Crippen MR) is 65.9 cm³/mol. The summed E-state index contributed by atoms with van der Waals surface area (Å²) in [6, 6.07) is 3.72. The highest BCUT2D eigenvalue weighted by atomic mass is 35.5. The quantitative estimate of drug-likeness (QED) is 0.872. The van der Waals surface area contributed by atoms with Gasteiger partial charge in [0.05, 0.1) is 19.3 Å². The highest BCUT2D eigenvalue weighted by Gasteiger charge is 2.35. The van der Waals surface area contributed by atoms with Crippen molar-refractivity contribution in [2.45, 2.75) is 25.0 Å². The first-order valence-electron chi connectivity index (χ1n) is 5.40. The molecule has 0 amide bonds. The van der Waals surface area contributed by atoms with Crippen molar-refractivity contribution in [1.82, 2.24) is 0 Å². The third-order valence-corrected chi connectivity index (χ3v) is 3.04. The average molecular weight is 262 g/mol. The standard InChI is InChI=1S/C12H16FNO2.ClH/c1-16-8-4-5-10(13)9(6-8)11(14)12(15)7-2-3-7;/h4-7,11-12,15H,2-3,14H2,1H3;1H/t11-,12+;/m0./s1. The zero-order chi connectivity index (χ0) is 11.7. The molecule has 0 saturated heterocycles. The van der Waals surface area contributed by atoms with E-state index in [2.05, 4.69) is 0 Å². The molecule has 0 bridgehead atoms. The lowest BCUT2D eigenvalue weighted by Crippen LogP contribution is -2.28. The van der Waals surface area contributed by atoms with Crippen molar-refractivity contribution in [3.05, 3.63) is 29.6 Å². The Morgan fingerprint density at radius 1 is 1.47 bits per heavy atom. The fourth-order valence-corrected chi connectivity index (χ4v) is 1.82. The summed E-state index contributed by atoms with van der Waals surface area (Å²) in [5.41, 5.74) is 6.18. The van der Waals surface area contributed by atoms with E-state index >= 15 is 0 Å². The first-order chi connectivity index (χ1) is 7.63. The van der Waals surface area contributed by atoms with Gasteiger partial charge in [0.15, 0.2) is 0 Å². The first kappa shape index (κ1) is 14.2. The molecule has 0 unspecified atom stereocenters. The van der Waals surface area contributed by atoms with E-state index in [-0.39, 0.29) is 18.3 Å². The molecule has 96 valence electrons. The van der Waals surface area contributed by atoms with Gasteiger partial charge in [0.2, 0.25) is 0 Å². The minimum Gasteiger partial charge on any atom is -0.497 e. The smallest absolute Gasteiger partial charge is 0.128 e. The first-order valence-corrected chi connectivity index (χ1v) is 5.40. The number of rotatable bonds is 4. The number of aliphatic hydroxyl groups is 1. The van der Waals surface area contributed by atoms with Crippen molar-refractivity contribution in [3.63, 3.8) is 0 Å². The van der Waals surface area contributed by atoms with Crippen LogP contribution in [0.5, 0.6) is 5.75 Å². The van der Waals surface area contributed by atoms with Gasteiger partial charge >= 0.3 is 0 Å². The van der Waals surface area contributed by atoms with Crippen LogP contribution in [0, 0.1) is 11.7 Å². The van der Waals surface area contributed by atoms with Crippen LogP contribution in [0.3, 0.4) is 0 Å². The summed E-state index contributed by atoms with van der Waals surface area (Å²) >= 11 is 0. The second-order valence-electron chi connectivity index (χ2n) is 4.24. The number of aliphatic hydroxyl groups excluding tert-OH is 1. The molecule has 5 heteroatoms. The summed E-state index contributed by atoms with van der Waals surface area (Å²) in [5, 5.41) is 9.87. The van der Waals surface area contributed by atoms with Gasteiger partial charge in [-0.25, -0.2) is 4.39 Å². The van der Waals surface area contributed by atoms with Crippen LogP contribution in [0.15, 0.2) is 18.2 Å². The van der Waals surface area contributed by atoms with Crippen LogP contribution in [0.4, 0.5) is 4.39 Å². The molecular weight excluding hydrogens is 245 g/mol. The molecule has 17 heavy (non-hydrogen) atoms. The SMILES string of the molecule is COc1ccc(F)c([C@H](N)[C@H](O)C2CC2)c1.Cl. The highest BCUT2D eigenvalue weighted by Crippen LogP contribution is 2.38. The largest absolute Gasteiger partial charge is 0.497 e. The van der Waals surface area contributed by atoms with E-state index in [9.17, 15) is 9.50 Å². The van der Waals surface area contributed by atoms with Crippen molar-refractivity contribution < 1.29 is 14.2 Å². The molecule has 0 aliphatic heterocycles. The summed E-state index contributed by atoms with van der Waals surface area (Å²) in [4.78, 5) is 0. The van der Waals surface area contributed by atoms with Gasteiger partial charge in [0, 0.05) is 5.56 Å². The molecule has 3 nitrogen and oxygen atoms in total. The van der Waals surface area contributed by atoms with E-state index in [1.807, 2.05) is 0 Å². The summed E-state index contributed by atoms with van der Waals surface area (Å²) in [6.07, 6.45) is 1.28. The van der Waals surface area contributed by atoms with Gasteiger partial charge in [0.1, 0.15) is 11.6 Å². The fourth-order valence-electron chi connectivity index (χ4n) is 1.82. The Morgan fingerprint density at radius 3 is 2.65 bits per heavy atom. The van der Waals surface area contributed by atoms with Gasteiger partial charge in [-0.2, -0.15) is 0 Å². The molecule has 2 atom stereocenters. The van der Waals surface area contributed by atoms with Crippen LogP contribution in [0.2, 0.25) is 0 Å². The van der Waals surface area contributed by atoms with Crippen molar-refractivity contribution in [2.75, 3.05) is 7.11 Å². The predicted octanol–water partition coefficient (Wildman–Crippen LogP) is 2.03. The van der Waals surface area contributed by atoms with Crippen molar-refractivity contribution in [2.24, 2.45) is 11.7 Å². The van der Waals surface area contributed by atoms with Crippen LogP contribution >= 0.6 is 12.4 Å². The Kier molecular flexibility index (Phi) is 4.74. The van der Waals surface area contributed by atoms with E-state index in [1.165, 1.54) is 19.2 Å². The minimum atomic E-state index is -0.678. The summed E-state index contributed by atoms with van der Waals surface area (Å²) < 4.78 is 18.6. The lowest BCUT2D eigenvalue weighted by atomic mass is 9.98. The Labute approximate surface area is 106 Å². The summed E-state index contributed by atoms with van der Waals surface area (Å²) in [5.74, 6) is 0.378. The number of hydrogen-bond donors (Lipinski definition) is 2. The van der Waals surface area contributed by atoms with Crippen LogP contribution in [0.25, 0.3) is 0 Å². The summed E-state index contributed by atoms with van der Waals surface area (Å²) in [6.45, 7) is 0. The molecular formula is C12H17ClFNO2. The van der Waals surface area contributed by atoms with Gasteiger partial charge in [-0.05, 0) is 37.0 Å². The topological polar surface area (TPSA) is 55.5 Å². The number of benzene rings is 1. The van der Waals surface area contributed by atoms with Crippen LogP contribution in [0.1, 0.15) is 24.4 Å². The van der Waals surface area contributed by atoms with Crippen LogP contribution in [-0.2, 0) is 0 Å². The number of hydrogen-bond acceptors (Lipinski definition) is 3. The zero-order valence-electron chi connectivity index (χ0n) is 9.60. The zero-order valence-corrected chi connectivity index (χ0v) is 10.4. The minimum absolute atomic E-state index is 0. The molecule has 1 aromatic carbocycles. The van der Waals surface area contributed by atoms with Crippen molar-refractivity contribution >= 4 is 12.4 Å². The maximum atomic E-state index is 13.6. The number of nitrogens with two attached hydrogens (primary N) is 1. The molecule has 1 aliphatic rings. The van der Waals surface area contributed by atoms with E-state index in [0.29, 0.717) is 11.3 Å². The van der Waals surface area contributed by atoms with E-state index in [4.69, 9.17) is 10.5 Å². The molecule has 0 spiro atoms. The lowest BCUT2D eigenvalue weighted by molar-refractivity contribution is 0.121. The summed E-state index contributed by atoms with van der Waals surface area (Å²) in [7, 11) is 1.51. The second kappa shape index (κ2) is 5.67. The molecule has 0 aromatic heterocycles. The lowest BCUT2D eigenvalue weighted by Gasteiger charge is -2.19. The Bertz CT molecular complexity index is 385. The van der Waals surface area contributed by atoms with E-state index in [0.717, 1.165) is 12.8 Å². The molecule has 0 heterocycles. The molecule has 1 saturated carbocycles. The Balaban J connectivity index is 0.00000144. The maximum Gasteiger partial charge on any atom is 0.128 e. The molecule has 2 rings (SSSR count). The highest BCUT2D eigenvalue weighted by molar-refractivity contribution is 5.85. The van der Waals surface area contributed by atoms with Gasteiger partial charge in [-0.15, -0.1) is 12.4 Å². The molecule has 3 N–H and O–H groups in total. The number of methoxy groups -OCH3 is 1. The van der Waals surface area contributed by atoms with Crippen LogP contribution in [-0.4, -0.2) is 18.3 Å². The van der Waals surface area contributed by atoms with Gasteiger partial charge in [-0.1, -0.05) is 0 Å². The fraction of sp³-hybridized carbons (Fsp3) is 0.500. The van der Waals surface area contributed by atoms with E-state index < -0.39 is 18.0 Å². The molecule has 1 fully saturated rings. The van der Waals surface area contributed by atoms with Gasteiger partial charge < -0.3 is 15.6 Å². The van der Waals surface area contributed by atoms with Crippen molar-refractivity contribution in [3.8, 4) is 5.75 Å². The van der Waals surface area contributed by atoms with Gasteiger partial charge in [0.25, 0.3) is 0 Å². The van der Waals surface area contributed by atoms with Crippen LogP contribution < -0.4 is 10.5 Å². The third kappa shape index (κ3) is 3.09. The average Bonchev–Trinajstić information content (AvgIpc) is 3.12. The van der Waals surface area contributed by atoms with Gasteiger partial charge in [-0.3, -0.25) is 0 Å². The maximum absolute atomic E-state index is 13.6. The number of ether oxygens (including phenoxy) is 1. The second-order valence-corrected chi connectivity index (χ2v) is 4.24. The monoisotopic (exact) mass is 261 g/mol. The Hall–Kier alpha value is -0.840. The molecule has 1 aliphatic carbocycles. The number of halogens is 2. The Morgan fingerprint density at radius 2 is 2.12 bits per heavy atom. The third-order valence-electron chi connectivity index (χ3n) is 3.04. The molecule has 1 aromatic rings.